The Hall–Kier alpha value is -1.77. The molecule has 4 nitrogen and oxygen atoms in total. The molecule has 0 aliphatic carbocycles. The second-order valence-electron chi connectivity index (χ2n) is 3.60. The summed E-state index contributed by atoms with van der Waals surface area (Å²) in [5.74, 6) is -1.41. The summed E-state index contributed by atoms with van der Waals surface area (Å²) >= 11 is 0. The molecule has 0 unspecified atom stereocenters. The first-order valence-corrected chi connectivity index (χ1v) is 4.96. The van der Waals surface area contributed by atoms with Gasteiger partial charge in [-0.25, -0.2) is 13.8 Å². The van der Waals surface area contributed by atoms with Crippen molar-refractivity contribution in [1.29, 1.82) is 0 Å². The number of hydrogen-bond donors (Lipinski definition) is 2. The molecule has 0 fully saturated rings. The molecule has 19 heavy (non-hydrogen) atoms. The molecule has 0 aromatic carbocycles. The largest absolute Gasteiger partial charge is 0.481 e. The smallest absolute Gasteiger partial charge is 0.418 e. The predicted molar refractivity (Wildman–Crippen MR) is 53.4 cm³/mol. The normalized spacial score (nSPS) is 11.9. The molecule has 0 bridgehead atoms. The summed E-state index contributed by atoms with van der Waals surface area (Å²) in [5.41, 5.74) is 1.47. The van der Waals surface area contributed by atoms with E-state index >= 15 is 0 Å². The van der Waals surface area contributed by atoms with E-state index in [1.54, 1.807) is 0 Å². The number of aromatic nitrogens is 1. The molecule has 106 valence electrons. The molecule has 0 saturated heterocycles. The van der Waals surface area contributed by atoms with Gasteiger partial charge in [-0.1, -0.05) is 0 Å². The lowest BCUT2D eigenvalue weighted by Crippen LogP contribution is -2.17. The number of aliphatic carboxylic acids is 1. The highest BCUT2D eigenvalue weighted by molar-refractivity contribution is 5.70. The van der Waals surface area contributed by atoms with Crippen LogP contribution in [0.15, 0.2) is 6.07 Å². The van der Waals surface area contributed by atoms with Crippen molar-refractivity contribution in [2.75, 3.05) is 0 Å². The zero-order valence-corrected chi connectivity index (χ0v) is 9.34. The fraction of sp³-hybridized carbons (Fsp3) is 0.400. The first kappa shape index (κ1) is 15.3. The Morgan fingerprint density at radius 3 is 2.37 bits per heavy atom. The number of carboxylic acids is 1. The standard InChI is InChI=1S/C10H9F5N2O2/c11-9(12)8-5(10(13,14)15)1-4(2-7(18)19)6(3-16)17-8/h1,9H,2-3,16H2,(H,18,19). The van der Waals surface area contributed by atoms with Crippen LogP contribution in [0.3, 0.4) is 0 Å². The number of alkyl halides is 5. The van der Waals surface area contributed by atoms with Crippen LogP contribution >= 0.6 is 0 Å². The first-order chi connectivity index (χ1) is 8.66. The summed E-state index contributed by atoms with van der Waals surface area (Å²) in [7, 11) is 0. The summed E-state index contributed by atoms with van der Waals surface area (Å²) in [5, 5.41) is 8.56. The lowest BCUT2D eigenvalue weighted by Gasteiger charge is -2.15. The van der Waals surface area contributed by atoms with Crippen molar-refractivity contribution in [2.45, 2.75) is 25.6 Å². The number of halogens is 5. The maximum atomic E-state index is 12.6. The number of nitrogens with zero attached hydrogens (tertiary/aromatic N) is 1. The maximum Gasteiger partial charge on any atom is 0.418 e. The molecule has 0 radical (unpaired) electrons. The van der Waals surface area contributed by atoms with Crippen LogP contribution in [0.1, 0.15) is 28.9 Å². The van der Waals surface area contributed by atoms with Crippen LogP contribution in [-0.4, -0.2) is 16.1 Å². The van der Waals surface area contributed by atoms with E-state index in [0.29, 0.717) is 6.07 Å². The van der Waals surface area contributed by atoms with Crippen molar-refractivity contribution >= 4 is 5.97 Å². The Morgan fingerprint density at radius 2 is 2.00 bits per heavy atom. The highest BCUT2D eigenvalue weighted by Crippen LogP contribution is 2.36. The first-order valence-electron chi connectivity index (χ1n) is 4.96. The second kappa shape index (κ2) is 5.47. The van der Waals surface area contributed by atoms with Crippen LogP contribution in [0.25, 0.3) is 0 Å². The Kier molecular flexibility index (Phi) is 4.40. The molecule has 1 rings (SSSR count). The van der Waals surface area contributed by atoms with Gasteiger partial charge in [-0.2, -0.15) is 13.2 Å². The molecule has 0 aliphatic heterocycles. The Bertz CT molecular complexity index is 488. The topological polar surface area (TPSA) is 76.2 Å². The molecule has 0 atom stereocenters. The Balaban J connectivity index is 3.47. The molecule has 3 N–H and O–H groups in total. The SMILES string of the molecule is NCc1nc(C(F)F)c(C(F)(F)F)cc1CC(=O)O. The minimum atomic E-state index is -5.04. The third-order valence-corrected chi connectivity index (χ3v) is 2.27. The summed E-state index contributed by atoms with van der Waals surface area (Å²) in [6, 6.07) is 0.366. The molecule has 0 spiro atoms. The van der Waals surface area contributed by atoms with E-state index in [9.17, 15) is 26.7 Å². The molecule has 0 amide bonds. The quantitative estimate of drug-likeness (QED) is 0.830. The van der Waals surface area contributed by atoms with Gasteiger partial charge >= 0.3 is 12.1 Å². The van der Waals surface area contributed by atoms with E-state index in [1.807, 2.05) is 0 Å². The maximum absolute atomic E-state index is 12.6. The van der Waals surface area contributed by atoms with Crippen molar-refractivity contribution in [2.24, 2.45) is 5.73 Å². The third kappa shape index (κ3) is 3.60. The van der Waals surface area contributed by atoms with Crippen LogP contribution in [0.4, 0.5) is 22.0 Å². The Labute approximate surface area is 104 Å². The molecule has 1 heterocycles. The van der Waals surface area contributed by atoms with Crippen LogP contribution in [0.5, 0.6) is 0 Å². The number of carboxylic acid groups (broad SMARTS) is 1. The van der Waals surface area contributed by atoms with Gasteiger partial charge in [-0.05, 0) is 11.6 Å². The average Bonchev–Trinajstić information content (AvgIpc) is 2.26. The zero-order chi connectivity index (χ0) is 14.8. The third-order valence-electron chi connectivity index (χ3n) is 2.27. The molecule has 0 saturated carbocycles. The van der Waals surface area contributed by atoms with Crippen LogP contribution < -0.4 is 5.73 Å². The minimum absolute atomic E-state index is 0.286. The fourth-order valence-corrected chi connectivity index (χ4v) is 1.50. The van der Waals surface area contributed by atoms with Gasteiger partial charge in [0, 0.05) is 6.54 Å². The lowest BCUT2D eigenvalue weighted by atomic mass is 10.0. The monoisotopic (exact) mass is 284 g/mol. The summed E-state index contributed by atoms with van der Waals surface area (Å²) < 4.78 is 62.9. The van der Waals surface area contributed by atoms with Crippen molar-refractivity contribution in [3.63, 3.8) is 0 Å². The number of nitrogens with two attached hydrogens (primary N) is 1. The van der Waals surface area contributed by atoms with Gasteiger partial charge in [-0.15, -0.1) is 0 Å². The van der Waals surface area contributed by atoms with Gasteiger partial charge in [0.05, 0.1) is 17.7 Å². The van der Waals surface area contributed by atoms with Crippen molar-refractivity contribution in [3.05, 3.63) is 28.6 Å². The highest BCUT2D eigenvalue weighted by Gasteiger charge is 2.37. The summed E-state index contributed by atoms with van der Waals surface area (Å²) in [6.07, 6.45) is -9.24. The number of carbonyl (C=O) groups is 1. The average molecular weight is 284 g/mol. The van der Waals surface area contributed by atoms with Crippen LogP contribution in [0.2, 0.25) is 0 Å². The van der Waals surface area contributed by atoms with Gasteiger partial charge in [0.1, 0.15) is 5.69 Å². The molecular weight excluding hydrogens is 275 g/mol. The lowest BCUT2D eigenvalue weighted by molar-refractivity contribution is -0.140. The number of hydrogen-bond acceptors (Lipinski definition) is 3. The number of pyridine rings is 1. The van der Waals surface area contributed by atoms with Gasteiger partial charge in [0.2, 0.25) is 0 Å². The van der Waals surface area contributed by atoms with Crippen molar-refractivity contribution in [1.82, 2.24) is 4.98 Å². The second-order valence-corrected chi connectivity index (χ2v) is 3.60. The van der Waals surface area contributed by atoms with Gasteiger partial charge in [-0.3, -0.25) is 4.79 Å². The van der Waals surface area contributed by atoms with Gasteiger partial charge < -0.3 is 10.8 Å². The van der Waals surface area contributed by atoms with E-state index < -0.39 is 42.8 Å². The molecule has 1 aromatic heterocycles. The van der Waals surface area contributed by atoms with E-state index in [0.717, 1.165) is 0 Å². The predicted octanol–water partition coefficient (Wildman–Crippen LogP) is 2.12. The van der Waals surface area contributed by atoms with Gasteiger partial charge in [0.15, 0.2) is 0 Å². The molecule has 0 aliphatic rings. The molecule has 9 heteroatoms. The fourth-order valence-electron chi connectivity index (χ4n) is 1.50. The van der Waals surface area contributed by atoms with E-state index in [2.05, 4.69) is 4.98 Å². The van der Waals surface area contributed by atoms with Crippen LogP contribution in [0, 0.1) is 0 Å². The van der Waals surface area contributed by atoms with Crippen molar-refractivity contribution in [3.8, 4) is 0 Å². The summed E-state index contributed by atoms with van der Waals surface area (Å²) in [4.78, 5) is 13.7. The molecular formula is C10H9F5N2O2. The Morgan fingerprint density at radius 1 is 1.42 bits per heavy atom. The molecule has 1 aromatic rings. The highest BCUT2D eigenvalue weighted by atomic mass is 19.4. The van der Waals surface area contributed by atoms with Crippen molar-refractivity contribution < 1.29 is 31.9 Å². The van der Waals surface area contributed by atoms with Crippen LogP contribution in [-0.2, 0) is 23.9 Å². The minimum Gasteiger partial charge on any atom is -0.481 e. The summed E-state index contributed by atoms with van der Waals surface area (Å²) in [6.45, 7) is -0.430. The zero-order valence-electron chi connectivity index (χ0n) is 9.34. The van der Waals surface area contributed by atoms with E-state index in [1.165, 1.54) is 0 Å². The van der Waals surface area contributed by atoms with E-state index in [-0.39, 0.29) is 11.3 Å². The number of rotatable bonds is 4. The van der Waals surface area contributed by atoms with Gasteiger partial charge in [0.25, 0.3) is 6.43 Å². The van der Waals surface area contributed by atoms with E-state index in [4.69, 9.17) is 10.8 Å².